The monoisotopic (exact) mass is 491 g/mol. The smallest absolute Gasteiger partial charge is 0.254 e. The standard InChI is InChI=1S/C29H37N3O4/c1-21(33)31-13-8-22(9-14-31)20-36-27-6-7-28-24(16-27)11-15-32(29(28)35)19-26(34)18-30-12-10-23-4-2-3-5-25(23)17-30/h2-7,16,22,26,34H,8-15,17-20H2,1H3/t26-/m1/s1. The predicted octanol–water partition coefficient (Wildman–Crippen LogP) is 2.74. The number of benzene rings is 2. The van der Waals surface area contributed by atoms with Crippen LogP contribution in [0, 0.1) is 5.92 Å². The van der Waals surface area contributed by atoms with Crippen molar-refractivity contribution in [3.63, 3.8) is 0 Å². The topological polar surface area (TPSA) is 73.3 Å². The van der Waals surface area contributed by atoms with Gasteiger partial charge in [0.15, 0.2) is 0 Å². The molecule has 0 aromatic heterocycles. The van der Waals surface area contributed by atoms with Crippen molar-refractivity contribution in [1.29, 1.82) is 0 Å². The van der Waals surface area contributed by atoms with Crippen molar-refractivity contribution < 1.29 is 19.4 Å². The summed E-state index contributed by atoms with van der Waals surface area (Å²) in [4.78, 5) is 30.6. The Morgan fingerprint density at radius 2 is 1.75 bits per heavy atom. The number of aliphatic hydroxyl groups excluding tert-OH is 1. The van der Waals surface area contributed by atoms with Gasteiger partial charge in [-0.15, -0.1) is 0 Å². The van der Waals surface area contributed by atoms with E-state index in [2.05, 4.69) is 29.2 Å². The summed E-state index contributed by atoms with van der Waals surface area (Å²) in [5.41, 5.74) is 4.45. The fourth-order valence-corrected chi connectivity index (χ4v) is 5.73. The lowest BCUT2D eigenvalue weighted by Crippen LogP contribution is -2.46. The molecular weight excluding hydrogens is 454 g/mol. The summed E-state index contributed by atoms with van der Waals surface area (Å²) in [6.07, 6.45) is 3.12. The van der Waals surface area contributed by atoms with Gasteiger partial charge in [-0.3, -0.25) is 14.5 Å². The molecule has 0 radical (unpaired) electrons. The van der Waals surface area contributed by atoms with Crippen LogP contribution in [0.5, 0.6) is 5.75 Å². The van der Waals surface area contributed by atoms with Gasteiger partial charge in [0.2, 0.25) is 5.91 Å². The van der Waals surface area contributed by atoms with Gasteiger partial charge in [0.25, 0.3) is 5.91 Å². The number of likely N-dealkylation sites (tertiary alicyclic amines) is 1. The molecule has 2 aromatic rings. The number of rotatable bonds is 7. The van der Waals surface area contributed by atoms with Crippen LogP contribution >= 0.6 is 0 Å². The second-order valence-electron chi connectivity index (χ2n) is 10.5. The Balaban J connectivity index is 1.11. The summed E-state index contributed by atoms with van der Waals surface area (Å²) < 4.78 is 6.07. The average Bonchev–Trinajstić information content (AvgIpc) is 2.89. The largest absolute Gasteiger partial charge is 0.493 e. The molecule has 2 amide bonds. The molecule has 5 rings (SSSR count). The fraction of sp³-hybridized carbons (Fsp3) is 0.517. The number of carbonyl (C=O) groups excluding carboxylic acids is 2. The minimum Gasteiger partial charge on any atom is -0.493 e. The van der Waals surface area contributed by atoms with Crippen molar-refractivity contribution >= 4 is 11.8 Å². The van der Waals surface area contributed by atoms with Crippen molar-refractivity contribution in [1.82, 2.24) is 14.7 Å². The van der Waals surface area contributed by atoms with Gasteiger partial charge >= 0.3 is 0 Å². The molecule has 1 N–H and O–H groups in total. The minimum atomic E-state index is -0.571. The van der Waals surface area contributed by atoms with Gasteiger partial charge in [-0.2, -0.15) is 0 Å². The summed E-state index contributed by atoms with van der Waals surface area (Å²) in [6.45, 7) is 7.18. The molecule has 3 aliphatic heterocycles. The molecule has 0 unspecified atom stereocenters. The number of amides is 2. The lowest BCUT2D eigenvalue weighted by atomic mass is 9.97. The third-order valence-corrected chi connectivity index (χ3v) is 7.90. The van der Waals surface area contributed by atoms with Crippen molar-refractivity contribution in [3.8, 4) is 5.75 Å². The molecule has 0 aliphatic carbocycles. The Hall–Kier alpha value is -2.90. The summed E-state index contributed by atoms with van der Waals surface area (Å²) in [5.74, 6) is 1.38. The maximum absolute atomic E-state index is 13.1. The molecule has 0 saturated carbocycles. The SMILES string of the molecule is CC(=O)N1CCC(COc2ccc3c(c2)CCN(C[C@H](O)CN2CCc4ccccc4C2)C3=O)CC1. The zero-order valence-corrected chi connectivity index (χ0v) is 21.2. The number of aliphatic hydroxyl groups is 1. The quantitative estimate of drug-likeness (QED) is 0.645. The van der Waals surface area contributed by atoms with Crippen molar-refractivity contribution in [3.05, 3.63) is 64.7 Å². The summed E-state index contributed by atoms with van der Waals surface area (Å²) in [7, 11) is 0. The second-order valence-corrected chi connectivity index (χ2v) is 10.5. The van der Waals surface area contributed by atoms with Crippen molar-refractivity contribution in [2.24, 2.45) is 5.92 Å². The molecule has 192 valence electrons. The van der Waals surface area contributed by atoms with Crippen LogP contribution in [-0.2, 0) is 24.2 Å². The first-order valence-electron chi connectivity index (χ1n) is 13.2. The zero-order valence-electron chi connectivity index (χ0n) is 21.2. The van der Waals surface area contributed by atoms with Crippen molar-refractivity contribution in [2.45, 2.75) is 45.3 Å². The molecule has 7 heteroatoms. The maximum Gasteiger partial charge on any atom is 0.254 e. The van der Waals surface area contributed by atoms with E-state index in [1.807, 2.05) is 23.1 Å². The van der Waals surface area contributed by atoms with E-state index in [-0.39, 0.29) is 11.8 Å². The molecule has 1 saturated heterocycles. The fourth-order valence-electron chi connectivity index (χ4n) is 5.73. The Kier molecular flexibility index (Phi) is 7.58. The molecule has 0 spiro atoms. The van der Waals surface area contributed by atoms with Crippen LogP contribution < -0.4 is 4.74 Å². The van der Waals surface area contributed by atoms with Gasteiger partial charge in [-0.25, -0.2) is 0 Å². The molecule has 1 fully saturated rings. The van der Waals surface area contributed by atoms with E-state index >= 15 is 0 Å². The van der Waals surface area contributed by atoms with Crippen LogP contribution in [0.25, 0.3) is 0 Å². The first-order chi connectivity index (χ1) is 17.5. The molecule has 7 nitrogen and oxygen atoms in total. The summed E-state index contributed by atoms with van der Waals surface area (Å²) in [5, 5.41) is 10.8. The van der Waals surface area contributed by atoms with E-state index in [0.29, 0.717) is 37.7 Å². The third kappa shape index (κ3) is 5.73. The van der Waals surface area contributed by atoms with Gasteiger partial charge in [0, 0.05) is 58.3 Å². The number of nitrogens with zero attached hydrogens (tertiary/aromatic N) is 3. The average molecular weight is 492 g/mol. The summed E-state index contributed by atoms with van der Waals surface area (Å²) >= 11 is 0. The highest BCUT2D eigenvalue weighted by atomic mass is 16.5. The highest BCUT2D eigenvalue weighted by Gasteiger charge is 2.28. The van der Waals surface area contributed by atoms with Crippen LogP contribution in [0.2, 0.25) is 0 Å². The number of ether oxygens (including phenoxy) is 1. The summed E-state index contributed by atoms with van der Waals surface area (Å²) in [6, 6.07) is 14.2. The molecular formula is C29H37N3O4. The Bertz CT molecular complexity index is 1100. The molecule has 36 heavy (non-hydrogen) atoms. The van der Waals surface area contributed by atoms with E-state index in [1.54, 1.807) is 11.8 Å². The third-order valence-electron chi connectivity index (χ3n) is 7.90. The zero-order chi connectivity index (χ0) is 25.1. The van der Waals surface area contributed by atoms with Crippen LogP contribution in [0.3, 0.4) is 0 Å². The highest BCUT2D eigenvalue weighted by molar-refractivity contribution is 5.97. The minimum absolute atomic E-state index is 0.0116. The lowest BCUT2D eigenvalue weighted by Gasteiger charge is -2.34. The first-order valence-corrected chi connectivity index (χ1v) is 13.2. The van der Waals surface area contributed by atoms with Crippen LogP contribution in [0.4, 0.5) is 0 Å². The Morgan fingerprint density at radius 1 is 1.00 bits per heavy atom. The number of carbonyl (C=O) groups is 2. The normalized spacial score (nSPS) is 19.6. The highest BCUT2D eigenvalue weighted by Crippen LogP contribution is 2.26. The van der Waals surface area contributed by atoms with Gasteiger partial charge in [0.05, 0.1) is 12.7 Å². The molecule has 3 heterocycles. The van der Waals surface area contributed by atoms with Crippen LogP contribution in [0.15, 0.2) is 42.5 Å². The Morgan fingerprint density at radius 3 is 2.53 bits per heavy atom. The number of β-amino-alcohol motifs (C(OH)–C–C–N with tert-alkyl or cyclic N) is 1. The van der Waals surface area contributed by atoms with Crippen LogP contribution in [-0.4, -0.2) is 83.6 Å². The second kappa shape index (κ2) is 11.0. The first kappa shape index (κ1) is 24.8. The number of fused-ring (bicyclic) bond motifs is 2. The Labute approximate surface area is 213 Å². The van der Waals surface area contributed by atoms with Gasteiger partial charge in [0.1, 0.15) is 5.75 Å². The van der Waals surface area contributed by atoms with Crippen LogP contribution in [0.1, 0.15) is 46.8 Å². The predicted molar refractivity (Wildman–Crippen MR) is 138 cm³/mol. The maximum atomic E-state index is 13.1. The number of hydrogen-bond acceptors (Lipinski definition) is 5. The van der Waals surface area contributed by atoms with E-state index in [9.17, 15) is 14.7 Å². The molecule has 3 aliphatic rings. The van der Waals surface area contributed by atoms with E-state index < -0.39 is 6.10 Å². The van der Waals surface area contributed by atoms with E-state index in [4.69, 9.17) is 4.74 Å². The number of hydrogen-bond donors (Lipinski definition) is 1. The van der Waals surface area contributed by atoms with Gasteiger partial charge in [-0.1, -0.05) is 24.3 Å². The molecule has 1 atom stereocenters. The lowest BCUT2D eigenvalue weighted by molar-refractivity contribution is -0.130. The van der Waals surface area contributed by atoms with Gasteiger partial charge < -0.3 is 19.6 Å². The van der Waals surface area contributed by atoms with Gasteiger partial charge in [-0.05, 0) is 66.5 Å². The number of piperidine rings is 1. The van der Waals surface area contributed by atoms with E-state index in [1.165, 1.54) is 11.1 Å². The van der Waals surface area contributed by atoms with Crippen molar-refractivity contribution in [2.75, 3.05) is 45.9 Å². The molecule has 2 aromatic carbocycles. The van der Waals surface area contributed by atoms with E-state index in [0.717, 1.165) is 63.2 Å². The molecule has 0 bridgehead atoms.